The van der Waals surface area contributed by atoms with Crippen LogP contribution in [0.3, 0.4) is 0 Å². The van der Waals surface area contributed by atoms with Gasteiger partial charge in [-0.25, -0.2) is 13.1 Å². The number of hydrogen-bond donors (Lipinski definition) is 1. The first-order valence-corrected chi connectivity index (χ1v) is 8.19. The van der Waals surface area contributed by atoms with Gasteiger partial charge in [-0.3, -0.25) is 10.1 Å². The van der Waals surface area contributed by atoms with E-state index < -0.39 is 14.9 Å². The third-order valence-electron chi connectivity index (χ3n) is 2.68. The summed E-state index contributed by atoms with van der Waals surface area (Å²) in [6, 6.07) is 13.0. The summed E-state index contributed by atoms with van der Waals surface area (Å²) in [5.41, 5.74) is -0.236. The number of nitro groups is 1. The van der Waals surface area contributed by atoms with Crippen molar-refractivity contribution in [3.63, 3.8) is 0 Å². The smallest absolute Gasteiger partial charge is 0.258 e. The highest BCUT2D eigenvalue weighted by Crippen LogP contribution is 2.35. The second-order valence-electron chi connectivity index (χ2n) is 4.01. The zero-order chi connectivity index (χ0) is 15.5. The highest BCUT2D eigenvalue weighted by molar-refractivity contribution is 7.99. The number of benzene rings is 2. The highest BCUT2D eigenvalue weighted by Gasteiger charge is 2.20. The quantitative estimate of drug-likeness (QED) is 0.674. The molecule has 21 heavy (non-hydrogen) atoms. The SMILES string of the molecule is CNS(=O)(=O)c1ccc(Sc2ccccc2)c([N+](=O)[O-])c1. The fraction of sp³-hybridized carbons (Fsp3) is 0.0769. The summed E-state index contributed by atoms with van der Waals surface area (Å²) in [7, 11) is -2.45. The van der Waals surface area contributed by atoms with Gasteiger partial charge in [0.15, 0.2) is 0 Å². The number of rotatable bonds is 5. The van der Waals surface area contributed by atoms with Crippen molar-refractivity contribution in [3.8, 4) is 0 Å². The standard InChI is InChI=1S/C13H12N2O4S2/c1-14-21(18,19)11-7-8-13(12(9-11)15(16)17)20-10-5-3-2-4-6-10/h2-9,14H,1H3. The minimum atomic E-state index is -3.71. The van der Waals surface area contributed by atoms with Gasteiger partial charge >= 0.3 is 0 Å². The van der Waals surface area contributed by atoms with Crippen LogP contribution in [0.5, 0.6) is 0 Å². The molecule has 2 aromatic rings. The Labute approximate surface area is 126 Å². The van der Waals surface area contributed by atoms with Crippen LogP contribution in [-0.4, -0.2) is 20.4 Å². The van der Waals surface area contributed by atoms with E-state index in [2.05, 4.69) is 4.72 Å². The van der Waals surface area contributed by atoms with Crippen molar-refractivity contribution in [1.82, 2.24) is 4.72 Å². The third kappa shape index (κ3) is 3.60. The van der Waals surface area contributed by atoms with Crippen LogP contribution < -0.4 is 4.72 Å². The van der Waals surface area contributed by atoms with Crippen molar-refractivity contribution in [3.05, 3.63) is 58.6 Å². The van der Waals surface area contributed by atoms with Crippen molar-refractivity contribution in [2.75, 3.05) is 7.05 Å². The van der Waals surface area contributed by atoms with Crippen LogP contribution in [0.15, 0.2) is 63.2 Å². The molecule has 0 atom stereocenters. The van der Waals surface area contributed by atoms with Gasteiger partial charge in [0.05, 0.1) is 14.7 Å². The molecule has 1 N–H and O–H groups in total. The molecule has 6 nitrogen and oxygen atoms in total. The van der Waals surface area contributed by atoms with Crippen LogP contribution in [0.4, 0.5) is 5.69 Å². The maximum absolute atomic E-state index is 11.7. The Morgan fingerprint density at radius 3 is 2.38 bits per heavy atom. The Morgan fingerprint density at radius 2 is 1.81 bits per heavy atom. The summed E-state index contributed by atoms with van der Waals surface area (Å²) < 4.78 is 25.5. The van der Waals surface area contributed by atoms with Gasteiger partial charge in [0.25, 0.3) is 5.69 Å². The van der Waals surface area contributed by atoms with E-state index in [0.29, 0.717) is 4.90 Å². The Bertz CT molecular complexity index is 761. The molecule has 0 aliphatic rings. The van der Waals surface area contributed by atoms with Crippen LogP contribution in [0.25, 0.3) is 0 Å². The van der Waals surface area contributed by atoms with Crippen molar-refractivity contribution >= 4 is 27.5 Å². The molecule has 0 amide bonds. The monoisotopic (exact) mass is 324 g/mol. The minimum absolute atomic E-state index is 0.130. The molecule has 2 aromatic carbocycles. The van der Waals surface area contributed by atoms with Crippen LogP contribution in [0.2, 0.25) is 0 Å². The van der Waals surface area contributed by atoms with E-state index in [9.17, 15) is 18.5 Å². The molecule has 0 bridgehead atoms. The van der Waals surface area contributed by atoms with E-state index in [0.717, 1.165) is 11.0 Å². The second kappa shape index (κ2) is 6.25. The number of hydrogen-bond acceptors (Lipinski definition) is 5. The molecule has 2 rings (SSSR count). The molecule has 0 unspecified atom stereocenters. The van der Waals surface area contributed by atoms with Crippen molar-refractivity contribution in [2.24, 2.45) is 0 Å². The highest BCUT2D eigenvalue weighted by atomic mass is 32.2. The molecule has 0 saturated heterocycles. The predicted octanol–water partition coefficient (Wildman–Crippen LogP) is 2.65. The number of nitrogens with one attached hydrogen (secondary N) is 1. The van der Waals surface area contributed by atoms with Crippen molar-refractivity contribution < 1.29 is 13.3 Å². The summed E-state index contributed by atoms with van der Waals surface area (Å²) in [4.78, 5) is 11.7. The van der Waals surface area contributed by atoms with Gasteiger partial charge in [-0.05, 0) is 31.3 Å². The molecular weight excluding hydrogens is 312 g/mol. The Balaban J connectivity index is 2.46. The first-order valence-electron chi connectivity index (χ1n) is 5.89. The molecule has 0 fully saturated rings. The molecule has 0 aliphatic heterocycles. The molecule has 0 heterocycles. The molecule has 110 valence electrons. The molecule has 8 heteroatoms. The molecule has 0 radical (unpaired) electrons. The fourth-order valence-electron chi connectivity index (χ4n) is 1.63. The van der Waals surface area contributed by atoms with E-state index in [4.69, 9.17) is 0 Å². The van der Waals surface area contributed by atoms with Crippen LogP contribution in [0, 0.1) is 10.1 Å². The summed E-state index contributed by atoms with van der Waals surface area (Å²) >= 11 is 1.21. The summed E-state index contributed by atoms with van der Waals surface area (Å²) in [5.74, 6) is 0. The Kier molecular flexibility index (Phi) is 4.61. The topological polar surface area (TPSA) is 89.3 Å². The molecule has 0 aliphatic carbocycles. The predicted molar refractivity (Wildman–Crippen MR) is 79.9 cm³/mol. The number of nitrogens with zero attached hydrogens (tertiary/aromatic N) is 1. The maximum Gasteiger partial charge on any atom is 0.284 e. The fourth-order valence-corrected chi connectivity index (χ4v) is 3.30. The first kappa shape index (κ1) is 15.5. The largest absolute Gasteiger partial charge is 0.284 e. The van der Waals surface area contributed by atoms with Gasteiger partial charge in [-0.1, -0.05) is 30.0 Å². The van der Waals surface area contributed by atoms with Crippen LogP contribution in [0.1, 0.15) is 0 Å². The molecule has 0 aromatic heterocycles. The zero-order valence-electron chi connectivity index (χ0n) is 11.0. The molecule has 0 spiro atoms. The van der Waals surface area contributed by atoms with E-state index in [1.54, 1.807) is 0 Å². The maximum atomic E-state index is 11.7. The normalized spacial score (nSPS) is 11.3. The molecular formula is C13H12N2O4S2. The lowest BCUT2D eigenvalue weighted by Crippen LogP contribution is -2.18. The van der Waals surface area contributed by atoms with Crippen molar-refractivity contribution in [1.29, 1.82) is 0 Å². The Morgan fingerprint density at radius 1 is 1.14 bits per heavy atom. The first-order chi connectivity index (χ1) is 9.94. The van der Waals surface area contributed by atoms with Crippen molar-refractivity contribution in [2.45, 2.75) is 14.7 Å². The average molecular weight is 324 g/mol. The van der Waals surface area contributed by atoms with Crippen LogP contribution >= 0.6 is 11.8 Å². The van der Waals surface area contributed by atoms with Gasteiger partial charge in [0.2, 0.25) is 10.0 Å². The third-order valence-corrected chi connectivity index (χ3v) is 5.16. The summed E-state index contributed by atoms with van der Waals surface area (Å²) in [5, 5.41) is 11.2. The van der Waals surface area contributed by atoms with Gasteiger partial charge in [-0.2, -0.15) is 0 Å². The van der Waals surface area contributed by atoms with Gasteiger partial charge < -0.3 is 0 Å². The molecule has 0 saturated carbocycles. The second-order valence-corrected chi connectivity index (χ2v) is 7.01. The number of nitro benzene ring substituents is 1. The van der Waals surface area contributed by atoms with E-state index >= 15 is 0 Å². The van der Waals surface area contributed by atoms with Gasteiger partial charge in [-0.15, -0.1) is 0 Å². The summed E-state index contributed by atoms with van der Waals surface area (Å²) in [6.45, 7) is 0. The van der Waals surface area contributed by atoms with Gasteiger partial charge in [0, 0.05) is 11.0 Å². The number of sulfonamides is 1. The lowest BCUT2D eigenvalue weighted by Gasteiger charge is -2.06. The van der Waals surface area contributed by atoms with Gasteiger partial charge in [0.1, 0.15) is 0 Å². The van der Waals surface area contributed by atoms with E-state index in [-0.39, 0.29) is 10.6 Å². The lowest BCUT2D eigenvalue weighted by molar-refractivity contribution is -0.388. The zero-order valence-corrected chi connectivity index (χ0v) is 12.6. The van der Waals surface area contributed by atoms with E-state index in [1.807, 2.05) is 30.3 Å². The van der Waals surface area contributed by atoms with E-state index in [1.165, 1.54) is 30.9 Å². The lowest BCUT2D eigenvalue weighted by atomic mass is 10.3. The summed E-state index contributed by atoms with van der Waals surface area (Å²) in [6.07, 6.45) is 0. The van der Waals surface area contributed by atoms with Crippen LogP contribution in [-0.2, 0) is 10.0 Å². The minimum Gasteiger partial charge on any atom is -0.258 e. The average Bonchev–Trinajstić information content (AvgIpc) is 2.48. The Hall–Kier alpha value is -1.90.